The zero-order valence-corrected chi connectivity index (χ0v) is 15.4. The van der Waals surface area contributed by atoms with Gasteiger partial charge in [-0.3, -0.25) is 0 Å². The molecule has 0 bridgehead atoms. The molecule has 0 amide bonds. The Balaban J connectivity index is 2.22. The number of allylic oxidation sites excluding steroid dienone is 2. The van der Waals surface area contributed by atoms with Crippen LogP contribution < -0.4 is 0 Å². The molecule has 2 aromatic rings. The number of halogens is 1. The molecule has 2 unspecified atom stereocenters. The topological polar surface area (TPSA) is 36.2 Å². The summed E-state index contributed by atoms with van der Waals surface area (Å²) in [6.45, 7) is 4.18. The number of rotatable bonds is 3. The van der Waals surface area contributed by atoms with E-state index in [0.29, 0.717) is 0 Å². The fourth-order valence-electron chi connectivity index (χ4n) is 3.23. The maximum atomic E-state index is 8.02. The molecule has 1 N–H and O–H groups in total. The standard InChI is InChI=1S/C20H19IN2/c1-14-6-5-7-16(12-14)17-8-3-4-11-20(17,23-22)18-13-15(2)9-10-19(18)21/h3-13,17,22H,1-2H3. The molecular weight excluding hydrogens is 395 g/mol. The van der Waals surface area contributed by atoms with Crippen molar-refractivity contribution in [3.05, 3.63) is 92.6 Å². The lowest BCUT2D eigenvalue weighted by molar-refractivity contribution is 0.461. The minimum absolute atomic E-state index is 0.0280. The summed E-state index contributed by atoms with van der Waals surface area (Å²) in [7, 11) is 0. The Hall–Kier alpha value is -1.75. The molecule has 0 spiro atoms. The highest BCUT2D eigenvalue weighted by atomic mass is 127. The van der Waals surface area contributed by atoms with Gasteiger partial charge in [0.2, 0.25) is 0 Å². The van der Waals surface area contributed by atoms with Crippen molar-refractivity contribution in [3.63, 3.8) is 0 Å². The van der Waals surface area contributed by atoms with Crippen molar-refractivity contribution in [3.8, 4) is 0 Å². The summed E-state index contributed by atoms with van der Waals surface area (Å²) in [5.41, 5.74) is 12.0. The second-order valence-electron chi connectivity index (χ2n) is 6.06. The molecule has 2 aromatic carbocycles. The smallest absolute Gasteiger partial charge is 0.136 e. The first-order chi connectivity index (χ1) is 11.1. The van der Waals surface area contributed by atoms with Crippen LogP contribution in [0.5, 0.6) is 0 Å². The lowest BCUT2D eigenvalue weighted by Gasteiger charge is -2.35. The van der Waals surface area contributed by atoms with Crippen molar-refractivity contribution in [1.82, 2.24) is 0 Å². The van der Waals surface area contributed by atoms with Crippen molar-refractivity contribution in [2.45, 2.75) is 25.3 Å². The number of aryl methyl sites for hydroxylation is 2. The van der Waals surface area contributed by atoms with Crippen LogP contribution in [0.1, 0.15) is 28.2 Å². The highest BCUT2D eigenvalue weighted by molar-refractivity contribution is 14.1. The van der Waals surface area contributed by atoms with E-state index in [1.54, 1.807) is 0 Å². The summed E-state index contributed by atoms with van der Waals surface area (Å²) < 4.78 is 1.14. The SMILES string of the molecule is Cc1cccc(C2C=CC=CC2(N=N)c2cc(C)ccc2I)c1. The van der Waals surface area contributed by atoms with Crippen LogP contribution in [0.25, 0.3) is 0 Å². The number of nitrogens with one attached hydrogen (secondary N) is 1. The minimum Gasteiger partial charge on any atom is -0.209 e. The van der Waals surface area contributed by atoms with Gasteiger partial charge in [-0.25, -0.2) is 5.53 Å². The van der Waals surface area contributed by atoms with Gasteiger partial charge in [-0.05, 0) is 59.7 Å². The van der Waals surface area contributed by atoms with Gasteiger partial charge in [0, 0.05) is 9.49 Å². The molecule has 116 valence electrons. The molecule has 2 atom stereocenters. The Morgan fingerprint density at radius 2 is 1.83 bits per heavy atom. The van der Waals surface area contributed by atoms with E-state index >= 15 is 0 Å². The Kier molecular flexibility index (Phi) is 4.48. The monoisotopic (exact) mass is 414 g/mol. The molecule has 0 radical (unpaired) electrons. The third kappa shape index (κ3) is 2.90. The van der Waals surface area contributed by atoms with E-state index < -0.39 is 5.54 Å². The molecule has 0 saturated carbocycles. The van der Waals surface area contributed by atoms with Gasteiger partial charge < -0.3 is 0 Å². The molecule has 3 rings (SSSR count). The van der Waals surface area contributed by atoms with Gasteiger partial charge in [0.15, 0.2) is 0 Å². The first kappa shape index (κ1) is 16.1. The molecular formula is C20H19IN2. The average Bonchev–Trinajstić information content (AvgIpc) is 2.57. The highest BCUT2D eigenvalue weighted by Gasteiger charge is 2.40. The van der Waals surface area contributed by atoms with Crippen LogP contribution in [0.15, 0.2) is 71.9 Å². The van der Waals surface area contributed by atoms with Crippen molar-refractivity contribution in [2.75, 3.05) is 0 Å². The molecule has 23 heavy (non-hydrogen) atoms. The van der Waals surface area contributed by atoms with Crippen LogP contribution in [0.4, 0.5) is 0 Å². The van der Waals surface area contributed by atoms with E-state index in [1.807, 2.05) is 6.08 Å². The molecule has 3 heteroatoms. The molecule has 0 aromatic heterocycles. The molecule has 0 heterocycles. The summed E-state index contributed by atoms with van der Waals surface area (Å²) in [5, 5.41) is 4.15. The van der Waals surface area contributed by atoms with Gasteiger partial charge in [-0.1, -0.05) is 65.8 Å². The fourth-order valence-corrected chi connectivity index (χ4v) is 3.99. The predicted molar refractivity (Wildman–Crippen MR) is 103 cm³/mol. The first-order valence-corrected chi connectivity index (χ1v) is 8.72. The van der Waals surface area contributed by atoms with Gasteiger partial charge in [0.05, 0.1) is 0 Å². The van der Waals surface area contributed by atoms with Crippen molar-refractivity contribution >= 4 is 22.6 Å². The molecule has 1 aliphatic rings. The van der Waals surface area contributed by atoms with Crippen molar-refractivity contribution < 1.29 is 0 Å². The second-order valence-corrected chi connectivity index (χ2v) is 7.22. The van der Waals surface area contributed by atoms with E-state index in [4.69, 9.17) is 5.53 Å². The van der Waals surface area contributed by atoms with E-state index in [2.05, 4.69) is 102 Å². The third-order valence-electron chi connectivity index (χ3n) is 4.38. The highest BCUT2D eigenvalue weighted by Crippen LogP contribution is 2.46. The summed E-state index contributed by atoms with van der Waals surface area (Å²) in [4.78, 5) is 0. The van der Waals surface area contributed by atoms with Crippen LogP contribution in [-0.4, -0.2) is 0 Å². The Morgan fingerprint density at radius 3 is 2.57 bits per heavy atom. The number of nitrogens with zero attached hydrogens (tertiary/aromatic N) is 1. The molecule has 1 aliphatic carbocycles. The first-order valence-electron chi connectivity index (χ1n) is 7.64. The van der Waals surface area contributed by atoms with Crippen LogP contribution in [-0.2, 0) is 5.54 Å². The molecule has 0 aliphatic heterocycles. The quantitative estimate of drug-likeness (QED) is 0.469. The number of hydrogen-bond donors (Lipinski definition) is 1. The van der Waals surface area contributed by atoms with Gasteiger partial charge in [-0.15, -0.1) is 0 Å². The van der Waals surface area contributed by atoms with Gasteiger partial charge in [-0.2, -0.15) is 5.11 Å². The summed E-state index contributed by atoms with van der Waals surface area (Å²) in [6, 6.07) is 14.9. The Bertz CT molecular complexity index is 807. The lowest BCUT2D eigenvalue weighted by atomic mass is 9.72. The van der Waals surface area contributed by atoms with Gasteiger partial charge in [0.1, 0.15) is 5.54 Å². The van der Waals surface area contributed by atoms with E-state index in [-0.39, 0.29) is 5.92 Å². The van der Waals surface area contributed by atoms with E-state index in [9.17, 15) is 0 Å². The average molecular weight is 414 g/mol. The molecule has 0 fully saturated rings. The Morgan fingerprint density at radius 1 is 1.04 bits per heavy atom. The maximum absolute atomic E-state index is 8.02. The van der Waals surface area contributed by atoms with Crippen LogP contribution in [0.2, 0.25) is 0 Å². The molecule has 0 saturated heterocycles. The molecule has 2 nitrogen and oxygen atoms in total. The van der Waals surface area contributed by atoms with E-state index in [0.717, 1.165) is 9.13 Å². The fraction of sp³-hybridized carbons (Fsp3) is 0.200. The van der Waals surface area contributed by atoms with Crippen LogP contribution >= 0.6 is 22.6 Å². The van der Waals surface area contributed by atoms with Crippen LogP contribution in [0.3, 0.4) is 0 Å². The van der Waals surface area contributed by atoms with Gasteiger partial charge in [0.25, 0.3) is 0 Å². The second kappa shape index (κ2) is 6.40. The normalized spacial score (nSPS) is 23.0. The summed E-state index contributed by atoms with van der Waals surface area (Å²) in [6.07, 6.45) is 8.27. The number of benzene rings is 2. The van der Waals surface area contributed by atoms with E-state index in [1.165, 1.54) is 16.7 Å². The zero-order chi connectivity index (χ0) is 16.4. The minimum atomic E-state index is -0.676. The third-order valence-corrected chi connectivity index (χ3v) is 5.32. The number of hydrogen-bond acceptors (Lipinski definition) is 2. The Labute approximate surface area is 151 Å². The maximum Gasteiger partial charge on any atom is 0.136 e. The van der Waals surface area contributed by atoms with Crippen molar-refractivity contribution in [2.24, 2.45) is 5.11 Å². The zero-order valence-electron chi connectivity index (χ0n) is 13.3. The summed E-state index contributed by atoms with van der Waals surface area (Å²) >= 11 is 2.35. The van der Waals surface area contributed by atoms with Crippen LogP contribution in [0, 0.1) is 22.9 Å². The van der Waals surface area contributed by atoms with Gasteiger partial charge >= 0.3 is 0 Å². The largest absolute Gasteiger partial charge is 0.209 e. The van der Waals surface area contributed by atoms with Crippen molar-refractivity contribution in [1.29, 1.82) is 5.53 Å². The lowest BCUT2D eigenvalue weighted by Crippen LogP contribution is -2.31. The predicted octanol–water partition coefficient (Wildman–Crippen LogP) is 6.04. The summed E-state index contributed by atoms with van der Waals surface area (Å²) in [5.74, 6) is 0.0280.